The van der Waals surface area contributed by atoms with E-state index in [9.17, 15) is 10.1 Å². The zero-order valence-electron chi connectivity index (χ0n) is 13.2. The van der Waals surface area contributed by atoms with Gasteiger partial charge < -0.3 is 11.1 Å². The molecule has 0 radical (unpaired) electrons. The van der Waals surface area contributed by atoms with E-state index in [1.54, 1.807) is 6.92 Å². The normalized spacial score (nSPS) is 11.2. The Labute approximate surface area is 144 Å². The molecule has 1 amide bonds. The van der Waals surface area contributed by atoms with Crippen LogP contribution in [0, 0.1) is 29.6 Å². The average molecular weight is 337 g/mol. The zero-order chi connectivity index (χ0) is 17.7. The predicted molar refractivity (Wildman–Crippen MR) is 93.2 cm³/mol. The van der Waals surface area contributed by atoms with E-state index in [2.05, 4.69) is 10.3 Å². The molecule has 120 valence electrons. The largest absolute Gasteiger partial charge is 0.383 e. The molecule has 0 aliphatic carbocycles. The molecule has 2 aromatic rings. The molecule has 1 aromatic carbocycles. The number of nitrogens with two attached hydrogens (primary N) is 1. The van der Waals surface area contributed by atoms with Crippen LogP contribution in [-0.2, 0) is 4.79 Å². The van der Waals surface area contributed by atoms with Crippen molar-refractivity contribution in [3.8, 4) is 12.1 Å². The molecule has 1 heterocycles. The minimum absolute atomic E-state index is 0.0464. The smallest absolute Gasteiger partial charge is 0.237 e. The molecular formula is C17H15N5OS. The Morgan fingerprint density at radius 3 is 2.46 bits per heavy atom. The number of aryl methyl sites for hydroxylation is 1. The van der Waals surface area contributed by atoms with Gasteiger partial charge in [-0.25, -0.2) is 4.98 Å². The molecule has 3 N–H and O–H groups in total. The Balaban J connectivity index is 2.14. The predicted octanol–water partition coefficient (Wildman–Crippen LogP) is 2.83. The van der Waals surface area contributed by atoms with Gasteiger partial charge >= 0.3 is 0 Å². The number of rotatable bonds is 4. The van der Waals surface area contributed by atoms with Crippen LogP contribution in [0.3, 0.4) is 0 Å². The van der Waals surface area contributed by atoms with Crippen molar-refractivity contribution in [3.63, 3.8) is 0 Å². The number of hydrogen-bond donors (Lipinski definition) is 2. The molecule has 7 heteroatoms. The summed E-state index contributed by atoms with van der Waals surface area (Å²) < 4.78 is 0. The van der Waals surface area contributed by atoms with Crippen molar-refractivity contribution in [3.05, 3.63) is 47.0 Å². The number of benzene rings is 1. The molecule has 2 rings (SSSR count). The van der Waals surface area contributed by atoms with Crippen LogP contribution in [0.5, 0.6) is 0 Å². The van der Waals surface area contributed by atoms with Crippen molar-refractivity contribution in [2.75, 3.05) is 11.1 Å². The Morgan fingerprint density at radius 1 is 1.25 bits per heavy atom. The van der Waals surface area contributed by atoms with Crippen LogP contribution in [0.15, 0.2) is 35.4 Å². The van der Waals surface area contributed by atoms with Crippen LogP contribution >= 0.6 is 11.8 Å². The van der Waals surface area contributed by atoms with E-state index in [4.69, 9.17) is 11.0 Å². The fourth-order valence-corrected chi connectivity index (χ4v) is 2.75. The lowest BCUT2D eigenvalue weighted by molar-refractivity contribution is -0.115. The highest BCUT2D eigenvalue weighted by Crippen LogP contribution is 2.28. The number of thioether (sulfide) groups is 1. The molecule has 0 saturated carbocycles. The first-order valence-corrected chi connectivity index (χ1v) is 7.97. The summed E-state index contributed by atoms with van der Waals surface area (Å²) in [7, 11) is 0. The number of amides is 1. The molecular weight excluding hydrogens is 322 g/mol. The molecule has 0 fully saturated rings. The van der Waals surface area contributed by atoms with Gasteiger partial charge in [0.05, 0.1) is 16.4 Å². The molecule has 0 aliphatic heterocycles. The fourth-order valence-electron chi connectivity index (χ4n) is 1.87. The van der Waals surface area contributed by atoms with E-state index in [0.29, 0.717) is 10.7 Å². The summed E-state index contributed by atoms with van der Waals surface area (Å²) in [6.07, 6.45) is 0. The standard InChI is InChI=1S/C17H15N5OS/c1-10-3-5-14(6-4-10)21-16(23)11(2)24-17-13(9-19)7-12(8-18)15(20)22-17/h3-7,11H,1-2H3,(H2,20,22)(H,21,23)/t11-/m1/s1. The first-order chi connectivity index (χ1) is 11.4. The van der Waals surface area contributed by atoms with Crippen molar-refractivity contribution < 1.29 is 4.79 Å². The quantitative estimate of drug-likeness (QED) is 0.829. The lowest BCUT2D eigenvalue weighted by Crippen LogP contribution is -2.22. The fraction of sp³-hybridized carbons (Fsp3) is 0.176. The number of nitrogen functional groups attached to an aromatic ring is 1. The second-order valence-electron chi connectivity index (χ2n) is 5.11. The highest BCUT2D eigenvalue weighted by Gasteiger charge is 2.19. The first kappa shape index (κ1) is 17.3. The van der Waals surface area contributed by atoms with Crippen LogP contribution in [0.25, 0.3) is 0 Å². The minimum Gasteiger partial charge on any atom is -0.383 e. The molecule has 24 heavy (non-hydrogen) atoms. The van der Waals surface area contributed by atoms with Crippen LogP contribution in [-0.4, -0.2) is 16.1 Å². The molecule has 1 atom stereocenters. The first-order valence-electron chi connectivity index (χ1n) is 7.09. The van der Waals surface area contributed by atoms with Crippen LogP contribution in [0.1, 0.15) is 23.6 Å². The molecule has 0 spiro atoms. The topological polar surface area (TPSA) is 116 Å². The molecule has 0 aliphatic rings. The van der Waals surface area contributed by atoms with Crippen molar-refractivity contribution >= 4 is 29.2 Å². The molecule has 0 saturated heterocycles. The van der Waals surface area contributed by atoms with Crippen molar-refractivity contribution in [2.24, 2.45) is 0 Å². The number of nitrogens with one attached hydrogen (secondary N) is 1. The average Bonchev–Trinajstić information content (AvgIpc) is 2.57. The number of aromatic nitrogens is 1. The zero-order valence-corrected chi connectivity index (χ0v) is 14.0. The maximum absolute atomic E-state index is 12.3. The number of nitrogens with zero attached hydrogens (tertiary/aromatic N) is 3. The summed E-state index contributed by atoms with van der Waals surface area (Å²) in [5, 5.41) is 20.8. The summed E-state index contributed by atoms with van der Waals surface area (Å²) in [5.74, 6) is -0.164. The molecule has 6 nitrogen and oxygen atoms in total. The monoisotopic (exact) mass is 337 g/mol. The number of pyridine rings is 1. The molecule has 0 unspecified atom stereocenters. The van der Waals surface area contributed by atoms with Gasteiger partial charge in [0, 0.05) is 5.69 Å². The van der Waals surface area contributed by atoms with Crippen molar-refractivity contribution in [1.29, 1.82) is 10.5 Å². The van der Waals surface area contributed by atoms with Gasteiger partial charge in [-0.2, -0.15) is 10.5 Å². The summed E-state index contributed by atoms with van der Waals surface area (Å²) in [6.45, 7) is 3.68. The van der Waals surface area contributed by atoms with E-state index in [1.165, 1.54) is 6.07 Å². The summed E-state index contributed by atoms with van der Waals surface area (Å²) >= 11 is 1.12. The second-order valence-corrected chi connectivity index (χ2v) is 6.44. The summed E-state index contributed by atoms with van der Waals surface area (Å²) in [4.78, 5) is 16.4. The third kappa shape index (κ3) is 4.03. The molecule has 1 aromatic heterocycles. The lowest BCUT2D eigenvalue weighted by atomic mass is 10.2. The lowest BCUT2D eigenvalue weighted by Gasteiger charge is -2.13. The van der Waals surface area contributed by atoms with Crippen molar-refractivity contribution in [2.45, 2.75) is 24.1 Å². The number of carbonyl (C=O) groups is 1. The Morgan fingerprint density at radius 2 is 1.88 bits per heavy atom. The van der Waals surface area contributed by atoms with Crippen LogP contribution < -0.4 is 11.1 Å². The summed E-state index contributed by atoms with van der Waals surface area (Å²) in [6, 6.07) is 12.7. The van der Waals surface area contributed by atoms with Gasteiger partial charge in [0.2, 0.25) is 5.91 Å². The Bertz CT molecular complexity index is 849. The van der Waals surface area contributed by atoms with Gasteiger partial charge in [0.25, 0.3) is 0 Å². The number of hydrogen-bond acceptors (Lipinski definition) is 6. The minimum atomic E-state index is -0.488. The van der Waals surface area contributed by atoms with Crippen molar-refractivity contribution in [1.82, 2.24) is 4.98 Å². The van der Waals surface area contributed by atoms with Gasteiger partial charge in [0.1, 0.15) is 23.0 Å². The van der Waals surface area contributed by atoms with E-state index < -0.39 is 5.25 Å². The van der Waals surface area contributed by atoms with Crippen LogP contribution in [0.4, 0.5) is 11.5 Å². The second kappa shape index (κ2) is 7.49. The van der Waals surface area contributed by atoms with Gasteiger partial charge in [-0.15, -0.1) is 0 Å². The maximum Gasteiger partial charge on any atom is 0.237 e. The van der Waals surface area contributed by atoms with E-state index in [0.717, 1.165) is 17.3 Å². The van der Waals surface area contributed by atoms with E-state index in [1.807, 2.05) is 43.3 Å². The Hall–Kier alpha value is -3.03. The van der Waals surface area contributed by atoms with E-state index >= 15 is 0 Å². The van der Waals surface area contributed by atoms with Gasteiger partial charge in [-0.3, -0.25) is 4.79 Å². The number of nitriles is 2. The van der Waals surface area contributed by atoms with Gasteiger partial charge in [-0.1, -0.05) is 29.5 Å². The highest BCUT2D eigenvalue weighted by atomic mass is 32.2. The molecule has 0 bridgehead atoms. The SMILES string of the molecule is Cc1ccc(NC(=O)[C@@H](C)Sc2nc(N)c(C#N)cc2C#N)cc1. The Kier molecular flexibility index (Phi) is 5.41. The van der Waals surface area contributed by atoms with Crippen LogP contribution in [0.2, 0.25) is 0 Å². The third-order valence-electron chi connectivity index (χ3n) is 3.23. The third-order valence-corrected chi connectivity index (χ3v) is 4.34. The highest BCUT2D eigenvalue weighted by molar-refractivity contribution is 8.00. The number of carbonyl (C=O) groups excluding carboxylic acids is 1. The van der Waals surface area contributed by atoms with Gasteiger partial charge in [-0.05, 0) is 32.0 Å². The van der Waals surface area contributed by atoms with E-state index in [-0.39, 0.29) is 22.9 Å². The summed E-state index contributed by atoms with van der Waals surface area (Å²) in [5.41, 5.74) is 7.86. The maximum atomic E-state index is 12.3. The van der Waals surface area contributed by atoms with Gasteiger partial charge in [0.15, 0.2) is 0 Å². The number of anilines is 2.